The molecule has 1 heterocycles. The maximum absolute atomic E-state index is 14.5. The van der Waals surface area contributed by atoms with Gasteiger partial charge in [-0.2, -0.15) is 0 Å². The molecule has 256 valence electrons. The number of carbonyl (C=O) groups is 5. The SMILES string of the molecule is C=CCNC(=O)C(=O)C(CCC)NC(=O)[C@@H]1C2C(CN1C(=O)C(NC(=O)OC1CCCC1C1CCCC1)C1CCCCC1)C2(C)C. The van der Waals surface area contributed by atoms with Crippen molar-refractivity contribution in [2.45, 2.75) is 135 Å². The fraction of sp³-hybridized carbons (Fsp3) is 0.806. The average molecular weight is 641 g/mol. The number of Topliss-reactive ketones (excluding diaryl/α,β-unsaturated/α-hetero) is 1. The van der Waals surface area contributed by atoms with Crippen molar-refractivity contribution in [2.24, 2.45) is 35.0 Å². The molecule has 0 spiro atoms. The fourth-order valence-corrected chi connectivity index (χ4v) is 9.39. The van der Waals surface area contributed by atoms with Crippen LogP contribution in [0.3, 0.4) is 0 Å². The van der Waals surface area contributed by atoms with Crippen LogP contribution in [-0.4, -0.2) is 71.8 Å². The highest BCUT2D eigenvalue weighted by Crippen LogP contribution is 2.65. The van der Waals surface area contributed by atoms with Crippen LogP contribution >= 0.6 is 0 Å². The Bertz CT molecular complexity index is 1160. The number of carbonyl (C=O) groups excluding carboxylic acids is 5. The number of piperidine rings is 1. The molecule has 1 aliphatic heterocycles. The van der Waals surface area contributed by atoms with Gasteiger partial charge < -0.3 is 25.6 Å². The highest BCUT2D eigenvalue weighted by Gasteiger charge is 2.69. The molecule has 10 nitrogen and oxygen atoms in total. The van der Waals surface area contributed by atoms with E-state index in [1.807, 2.05) is 6.92 Å². The van der Waals surface area contributed by atoms with E-state index in [0.29, 0.717) is 31.2 Å². The Hall–Kier alpha value is -2.91. The largest absolute Gasteiger partial charge is 0.446 e. The molecule has 4 aliphatic carbocycles. The Balaban J connectivity index is 1.31. The summed E-state index contributed by atoms with van der Waals surface area (Å²) in [5.74, 6) is -1.05. The Kier molecular flexibility index (Phi) is 11.1. The van der Waals surface area contributed by atoms with Gasteiger partial charge in [0.15, 0.2) is 0 Å². The zero-order valence-electron chi connectivity index (χ0n) is 28.2. The Morgan fingerprint density at radius 3 is 2.30 bits per heavy atom. The Morgan fingerprint density at radius 2 is 1.63 bits per heavy atom. The van der Waals surface area contributed by atoms with Crippen LogP contribution in [0.4, 0.5) is 4.79 Å². The van der Waals surface area contributed by atoms with Gasteiger partial charge >= 0.3 is 6.09 Å². The molecule has 0 aromatic rings. The van der Waals surface area contributed by atoms with Crippen LogP contribution in [0.2, 0.25) is 0 Å². The third kappa shape index (κ3) is 7.30. The molecule has 4 amide bonds. The molecule has 5 rings (SSSR count). The monoisotopic (exact) mass is 640 g/mol. The van der Waals surface area contributed by atoms with E-state index in [4.69, 9.17) is 4.74 Å². The van der Waals surface area contributed by atoms with Gasteiger partial charge in [0.2, 0.25) is 17.6 Å². The van der Waals surface area contributed by atoms with Crippen LogP contribution in [0.1, 0.15) is 111 Å². The van der Waals surface area contributed by atoms with Crippen LogP contribution < -0.4 is 16.0 Å². The summed E-state index contributed by atoms with van der Waals surface area (Å²) in [5.41, 5.74) is -0.130. The summed E-state index contributed by atoms with van der Waals surface area (Å²) in [7, 11) is 0. The van der Waals surface area contributed by atoms with E-state index >= 15 is 0 Å². The lowest BCUT2D eigenvalue weighted by Gasteiger charge is -2.37. The van der Waals surface area contributed by atoms with Crippen molar-refractivity contribution in [3.63, 3.8) is 0 Å². The molecule has 10 heteroatoms. The molecule has 0 bridgehead atoms. The minimum absolute atomic E-state index is 0.0281. The normalized spacial score (nSPS) is 30.2. The fourth-order valence-electron chi connectivity index (χ4n) is 9.39. The van der Waals surface area contributed by atoms with Crippen LogP contribution in [0.5, 0.6) is 0 Å². The van der Waals surface area contributed by atoms with Gasteiger partial charge in [-0.05, 0) is 73.5 Å². The van der Waals surface area contributed by atoms with E-state index in [0.717, 1.165) is 51.4 Å². The minimum Gasteiger partial charge on any atom is -0.446 e. The Labute approximate surface area is 274 Å². The molecule has 0 aromatic carbocycles. The number of nitrogens with zero attached hydrogens (tertiary/aromatic N) is 1. The van der Waals surface area contributed by atoms with Crippen molar-refractivity contribution in [1.29, 1.82) is 0 Å². The summed E-state index contributed by atoms with van der Waals surface area (Å²) in [6.07, 6.45) is 14.4. The topological polar surface area (TPSA) is 134 Å². The molecule has 3 N–H and O–H groups in total. The van der Waals surface area contributed by atoms with Gasteiger partial charge in [0.1, 0.15) is 18.2 Å². The summed E-state index contributed by atoms with van der Waals surface area (Å²) >= 11 is 0. The standard InChI is InChI=1S/C36H56N4O6/c1-5-13-26(31(41)33(43)37-20-6-2)38-32(42)30-28-25(36(28,3)4)21-40(30)34(44)29(23-16-8-7-9-17-23)39-35(45)46-27-19-12-18-24(27)22-14-10-11-15-22/h6,22-30H,2,5,7-21H2,1,3-4H3,(H,37,43)(H,38,42)(H,39,45)/t24?,25?,26?,27?,28?,29?,30-/m0/s1. The van der Waals surface area contributed by atoms with Crippen LogP contribution in [0.15, 0.2) is 12.7 Å². The number of fused-ring (bicyclic) bond motifs is 1. The van der Waals surface area contributed by atoms with Gasteiger partial charge in [0.25, 0.3) is 5.91 Å². The molecule has 5 fully saturated rings. The van der Waals surface area contributed by atoms with Gasteiger partial charge in [0, 0.05) is 13.1 Å². The van der Waals surface area contributed by atoms with Crippen LogP contribution in [0, 0.1) is 35.0 Å². The van der Waals surface area contributed by atoms with Gasteiger partial charge in [-0.1, -0.05) is 78.2 Å². The number of rotatable bonds is 13. The molecule has 5 aliphatic rings. The molecule has 4 saturated carbocycles. The predicted molar refractivity (Wildman–Crippen MR) is 174 cm³/mol. The van der Waals surface area contributed by atoms with Crippen molar-refractivity contribution in [2.75, 3.05) is 13.1 Å². The van der Waals surface area contributed by atoms with Crippen molar-refractivity contribution < 1.29 is 28.7 Å². The molecule has 46 heavy (non-hydrogen) atoms. The smallest absolute Gasteiger partial charge is 0.408 e. The van der Waals surface area contributed by atoms with Gasteiger partial charge in [-0.25, -0.2) is 4.79 Å². The maximum Gasteiger partial charge on any atom is 0.408 e. The highest BCUT2D eigenvalue weighted by molar-refractivity contribution is 6.38. The van der Waals surface area contributed by atoms with E-state index in [2.05, 4.69) is 36.4 Å². The molecular formula is C36H56N4O6. The molecule has 0 radical (unpaired) electrons. The highest BCUT2D eigenvalue weighted by atomic mass is 16.6. The maximum atomic E-state index is 14.5. The summed E-state index contributed by atoms with van der Waals surface area (Å²) in [6, 6.07) is -2.53. The molecule has 7 atom stereocenters. The number of amides is 4. The zero-order chi connectivity index (χ0) is 33.0. The van der Waals surface area contributed by atoms with Gasteiger partial charge in [-0.15, -0.1) is 6.58 Å². The lowest BCUT2D eigenvalue weighted by Crippen LogP contribution is -2.59. The first-order valence-electron chi connectivity index (χ1n) is 18.1. The number of hydrogen-bond acceptors (Lipinski definition) is 6. The zero-order valence-corrected chi connectivity index (χ0v) is 28.2. The first-order chi connectivity index (χ1) is 22.1. The van der Waals surface area contributed by atoms with E-state index < -0.39 is 41.8 Å². The Morgan fingerprint density at radius 1 is 0.935 bits per heavy atom. The van der Waals surface area contributed by atoms with E-state index in [-0.39, 0.29) is 41.7 Å². The number of ketones is 1. The van der Waals surface area contributed by atoms with Crippen LogP contribution in [0.25, 0.3) is 0 Å². The van der Waals surface area contributed by atoms with Crippen molar-refractivity contribution in [3.05, 3.63) is 12.7 Å². The second kappa shape index (κ2) is 14.9. The molecule has 0 aromatic heterocycles. The molecule has 6 unspecified atom stereocenters. The quantitative estimate of drug-likeness (QED) is 0.198. The van der Waals surface area contributed by atoms with Crippen molar-refractivity contribution in [1.82, 2.24) is 20.9 Å². The lowest BCUT2D eigenvalue weighted by molar-refractivity contribution is -0.145. The lowest BCUT2D eigenvalue weighted by atomic mass is 9.83. The number of hydrogen-bond donors (Lipinski definition) is 3. The van der Waals surface area contributed by atoms with E-state index in [1.54, 1.807) is 4.90 Å². The molecular weight excluding hydrogens is 584 g/mol. The molecule has 1 saturated heterocycles. The van der Waals surface area contributed by atoms with Gasteiger partial charge in [0.05, 0.1) is 6.04 Å². The summed E-state index contributed by atoms with van der Waals surface area (Å²) in [5, 5.41) is 8.39. The second-order valence-electron chi connectivity index (χ2n) is 15.2. The van der Waals surface area contributed by atoms with Crippen molar-refractivity contribution in [3.8, 4) is 0 Å². The first kappa shape index (κ1) is 34.4. The van der Waals surface area contributed by atoms with Crippen LogP contribution in [-0.2, 0) is 23.9 Å². The van der Waals surface area contributed by atoms with Gasteiger partial charge in [-0.3, -0.25) is 19.2 Å². The number of ether oxygens (including phenoxy) is 1. The van der Waals surface area contributed by atoms with E-state index in [1.165, 1.54) is 31.8 Å². The summed E-state index contributed by atoms with van der Waals surface area (Å²) in [6.45, 7) is 10.3. The number of likely N-dealkylation sites (tertiary alicyclic amines) is 1. The third-order valence-electron chi connectivity index (χ3n) is 12.0. The summed E-state index contributed by atoms with van der Waals surface area (Å²) < 4.78 is 6.08. The number of alkyl carbamates (subject to hydrolysis) is 1. The van der Waals surface area contributed by atoms with E-state index in [9.17, 15) is 24.0 Å². The third-order valence-corrected chi connectivity index (χ3v) is 12.0. The predicted octanol–water partition coefficient (Wildman–Crippen LogP) is 4.66. The number of nitrogens with one attached hydrogen (secondary N) is 3. The minimum atomic E-state index is -0.985. The second-order valence-corrected chi connectivity index (χ2v) is 15.2. The first-order valence-corrected chi connectivity index (χ1v) is 18.1. The average Bonchev–Trinajstić information content (AvgIpc) is 3.64. The van der Waals surface area contributed by atoms with Crippen molar-refractivity contribution >= 4 is 29.6 Å². The summed E-state index contributed by atoms with van der Waals surface area (Å²) in [4.78, 5) is 69.1.